The summed E-state index contributed by atoms with van der Waals surface area (Å²) in [5, 5.41) is 38.7. The molecule has 0 aliphatic rings. The van der Waals surface area contributed by atoms with Gasteiger partial charge in [0.05, 0.1) is 0 Å². The Bertz CT molecular complexity index is 660. The number of aromatic hydroxyl groups is 4. The molecule has 0 aliphatic carbocycles. The van der Waals surface area contributed by atoms with E-state index in [4.69, 9.17) is 0 Å². The Labute approximate surface area is 117 Å². The first-order valence-electron chi connectivity index (χ1n) is 6.29. The van der Waals surface area contributed by atoms with Gasteiger partial charge >= 0.3 is 0 Å². The van der Waals surface area contributed by atoms with E-state index in [1.165, 1.54) is 6.07 Å². The summed E-state index contributed by atoms with van der Waals surface area (Å²) in [6.07, 6.45) is 0. The van der Waals surface area contributed by atoms with Gasteiger partial charge in [-0.2, -0.15) is 0 Å². The largest absolute Gasteiger partial charge is 0.508 e. The molecule has 2 aromatic rings. The van der Waals surface area contributed by atoms with Crippen molar-refractivity contribution in [3.05, 3.63) is 47.0 Å². The highest BCUT2D eigenvalue weighted by Gasteiger charge is 2.28. The van der Waals surface area contributed by atoms with Crippen molar-refractivity contribution >= 4 is 0 Å². The van der Waals surface area contributed by atoms with Crippen LogP contribution in [-0.4, -0.2) is 20.4 Å². The van der Waals surface area contributed by atoms with Gasteiger partial charge in [-0.25, -0.2) is 0 Å². The fraction of sp³-hybridized carbons (Fsp3) is 0.250. The average molecular weight is 274 g/mol. The van der Waals surface area contributed by atoms with Crippen LogP contribution in [0.15, 0.2) is 30.3 Å². The van der Waals surface area contributed by atoms with Crippen LogP contribution in [0.4, 0.5) is 0 Å². The predicted molar refractivity (Wildman–Crippen MR) is 76.4 cm³/mol. The number of rotatable bonds is 2. The first-order chi connectivity index (χ1) is 9.25. The molecule has 0 bridgehead atoms. The molecule has 0 atom stereocenters. The van der Waals surface area contributed by atoms with Crippen LogP contribution in [0.3, 0.4) is 0 Å². The lowest BCUT2D eigenvalue weighted by Crippen LogP contribution is -2.19. The second kappa shape index (κ2) is 4.63. The van der Waals surface area contributed by atoms with Gasteiger partial charge in [0.15, 0.2) is 11.5 Å². The van der Waals surface area contributed by atoms with Crippen LogP contribution < -0.4 is 0 Å². The highest BCUT2D eigenvalue weighted by molar-refractivity contribution is 5.58. The summed E-state index contributed by atoms with van der Waals surface area (Å²) in [6.45, 7) is 5.58. The maximum absolute atomic E-state index is 10.0. The molecular weight excluding hydrogens is 256 g/mol. The number of phenolic OH excluding ortho intramolecular Hbond substituents is 4. The highest BCUT2D eigenvalue weighted by atomic mass is 16.3. The summed E-state index contributed by atoms with van der Waals surface area (Å²) in [5.74, 6) is -1.00. The Hall–Kier alpha value is -2.36. The minimum Gasteiger partial charge on any atom is -0.508 e. The molecule has 4 heteroatoms. The zero-order chi connectivity index (χ0) is 15.1. The molecule has 0 aromatic heterocycles. The van der Waals surface area contributed by atoms with Crippen molar-refractivity contribution in [2.45, 2.75) is 26.2 Å². The van der Waals surface area contributed by atoms with Crippen LogP contribution in [0.25, 0.3) is 0 Å². The number of hydrogen-bond acceptors (Lipinski definition) is 4. The van der Waals surface area contributed by atoms with Crippen LogP contribution in [0.2, 0.25) is 0 Å². The fourth-order valence-corrected chi connectivity index (χ4v) is 2.27. The molecule has 0 fully saturated rings. The van der Waals surface area contributed by atoms with Gasteiger partial charge < -0.3 is 20.4 Å². The van der Waals surface area contributed by atoms with Gasteiger partial charge in [-0.15, -0.1) is 0 Å². The number of hydrogen-bond donors (Lipinski definition) is 4. The third-order valence-corrected chi connectivity index (χ3v) is 3.72. The quantitative estimate of drug-likeness (QED) is 0.634. The van der Waals surface area contributed by atoms with Crippen LogP contribution >= 0.6 is 0 Å². The SMILES string of the molecule is Cc1cc(C(C)(C)c2ccc(O)c(O)c2O)ccc1O. The Balaban J connectivity index is 2.60. The summed E-state index contributed by atoms with van der Waals surface area (Å²) < 4.78 is 0. The molecule has 2 rings (SSSR count). The van der Waals surface area contributed by atoms with E-state index in [2.05, 4.69) is 0 Å². The second-order valence-corrected chi connectivity index (χ2v) is 5.46. The Morgan fingerprint density at radius 1 is 0.800 bits per heavy atom. The summed E-state index contributed by atoms with van der Waals surface area (Å²) in [7, 11) is 0. The molecule has 4 N–H and O–H groups in total. The molecule has 0 aliphatic heterocycles. The van der Waals surface area contributed by atoms with E-state index in [0.717, 1.165) is 11.1 Å². The lowest BCUT2D eigenvalue weighted by atomic mass is 9.77. The van der Waals surface area contributed by atoms with Crippen molar-refractivity contribution in [1.82, 2.24) is 0 Å². The zero-order valence-electron chi connectivity index (χ0n) is 11.7. The molecular formula is C16H18O4. The molecule has 0 unspecified atom stereocenters. The van der Waals surface area contributed by atoms with Crippen molar-refractivity contribution < 1.29 is 20.4 Å². The minimum atomic E-state index is -0.590. The van der Waals surface area contributed by atoms with Gasteiger partial charge in [-0.3, -0.25) is 0 Å². The van der Waals surface area contributed by atoms with Crippen LogP contribution in [0.1, 0.15) is 30.5 Å². The van der Waals surface area contributed by atoms with E-state index < -0.39 is 11.2 Å². The Kier molecular flexibility index (Phi) is 3.26. The molecule has 2 aromatic carbocycles. The van der Waals surface area contributed by atoms with Crippen LogP contribution in [0, 0.1) is 6.92 Å². The lowest BCUT2D eigenvalue weighted by Gasteiger charge is -2.27. The Morgan fingerprint density at radius 2 is 1.40 bits per heavy atom. The molecule has 0 saturated heterocycles. The van der Waals surface area contributed by atoms with Gasteiger partial charge in [0, 0.05) is 11.0 Å². The van der Waals surface area contributed by atoms with Crippen molar-refractivity contribution in [2.24, 2.45) is 0 Å². The first kappa shape index (κ1) is 14.1. The fourth-order valence-electron chi connectivity index (χ4n) is 2.27. The summed E-state index contributed by atoms with van der Waals surface area (Å²) >= 11 is 0. The van der Waals surface area contributed by atoms with Crippen molar-refractivity contribution in [2.75, 3.05) is 0 Å². The van der Waals surface area contributed by atoms with Gasteiger partial charge in [0.1, 0.15) is 5.75 Å². The maximum Gasteiger partial charge on any atom is 0.200 e. The standard InChI is InChI=1S/C16H18O4/c1-9-8-10(4-6-12(9)17)16(2,3)11-5-7-13(18)15(20)14(11)19/h4-8,17-20H,1-3H3. The van der Waals surface area contributed by atoms with Gasteiger partial charge in [0.25, 0.3) is 0 Å². The molecule has 0 heterocycles. The molecule has 0 radical (unpaired) electrons. The summed E-state index contributed by atoms with van der Waals surface area (Å²) in [6, 6.07) is 8.13. The van der Waals surface area contributed by atoms with E-state index in [1.807, 2.05) is 19.9 Å². The van der Waals surface area contributed by atoms with Gasteiger partial charge in [-0.1, -0.05) is 32.0 Å². The van der Waals surface area contributed by atoms with E-state index >= 15 is 0 Å². The maximum atomic E-state index is 10.0. The van der Waals surface area contributed by atoms with Crippen molar-refractivity contribution in [1.29, 1.82) is 0 Å². The monoisotopic (exact) mass is 274 g/mol. The third kappa shape index (κ3) is 2.13. The van der Waals surface area contributed by atoms with E-state index in [0.29, 0.717) is 5.56 Å². The van der Waals surface area contributed by atoms with Crippen LogP contribution in [0.5, 0.6) is 23.0 Å². The average Bonchev–Trinajstić information content (AvgIpc) is 2.38. The van der Waals surface area contributed by atoms with Crippen molar-refractivity contribution in [3.63, 3.8) is 0 Å². The molecule has 0 amide bonds. The summed E-state index contributed by atoms with van der Waals surface area (Å²) in [4.78, 5) is 0. The lowest BCUT2D eigenvalue weighted by molar-refractivity contribution is 0.360. The summed E-state index contributed by atoms with van der Waals surface area (Å²) in [5.41, 5.74) is 1.53. The third-order valence-electron chi connectivity index (χ3n) is 3.72. The van der Waals surface area contributed by atoms with E-state index in [-0.39, 0.29) is 17.2 Å². The molecule has 0 spiro atoms. The molecule has 20 heavy (non-hydrogen) atoms. The van der Waals surface area contributed by atoms with Gasteiger partial charge in [0.2, 0.25) is 5.75 Å². The predicted octanol–water partition coefficient (Wildman–Crippen LogP) is 3.14. The smallest absolute Gasteiger partial charge is 0.200 e. The minimum absolute atomic E-state index is 0.210. The number of phenols is 4. The normalized spacial score (nSPS) is 11.6. The topological polar surface area (TPSA) is 80.9 Å². The molecule has 0 saturated carbocycles. The first-order valence-corrected chi connectivity index (χ1v) is 6.29. The molecule has 4 nitrogen and oxygen atoms in total. The number of aryl methyl sites for hydroxylation is 1. The van der Waals surface area contributed by atoms with Crippen LogP contribution in [-0.2, 0) is 5.41 Å². The number of benzene rings is 2. The van der Waals surface area contributed by atoms with E-state index in [1.54, 1.807) is 25.1 Å². The second-order valence-electron chi connectivity index (χ2n) is 5.46. The van der Waals surface area contributed by atoms with Gasteiger partial charge in [-0.05, 0) is 30.2 Å². The zero-order valence-corrected chi connectivity index (χ0v) is 11.7. The highest BCUT2D eigenvalue weighted by Crippen LogP contribution is 2.45. The van der Waals surface area contributed by atoms with E-state index in [9.17, 15) is 20.4 Å². The van der Waals surface area contributed by atoms with Crippen molar-refractivity contribution in [3.8, 4) is 23.0 Å². The molecule has 106 valence electrons. The Morgan fingerprint density at radius 3 is 2.00 bits per heavy atom.